The van der Waals surface area contributed by atoms with E-state index >= 15 is 0 Å². The lowest BCUT2D eigenvalue weighted by molar-refractivity contribution is -0.154. The highest BCUT2D eigenvalue weighted by molar-refractivity contribution is 5.98. The smallest absolute Gasteiger partial charge is 0.307 e. The second kappa shape index (κ2) is 8.79. The summed E-state index contributed by atoms with van der Waals surface area (Å²) in [7, 11) is 0. The van der Waals surface area contributed by atoms with Gasteiger partial charge in [-0.05, 0) is 63.6 Å². The van der Waals surface area contributed by atoms with Crippen molar-refractivity contribution >= 4 is 17.7 Å². The number of benzene rings is 1. The van der Waals surface area contributed by atoms with E-state index < -0.39 is 12.1 Å². The molecule has 1 N–H and O–H groups in total. The Morgan fingerprint density at radius 1 is 1.04 bits per heavy atom. The maximum Gasteiger partial charge on any atom is 0.307 e. The molecule has 5 heteroatoms. The predicted molar refractivity (Wildman–Crippen MR) is 95.5 cm³/mol. The van der Waals surface area contributed by atoms with Crippen molar-refractivity contribution in [3.8, 4) is 0 Å². The molecule has 1 aromatic rings. The van der Waals surface area contributed by atoms with Crippen LogP contribution in [0.5, 0.6) is 0 Å². The molecule has 0 bridgehead atoms. The van der Waals surface area contributed by atoms with Gasteiger partial charge in [0.05, 0.1) is 6.42 Å². The molecule has 0 radical (unpaired) electrons. The summed E-state index contributed by atoms with van der Waals surface area (Å²) in [4.78, 5) is 35.9. The van der Waals surface area contributed by atoms with Crippen LogP contribution in [0.3, 0.4) is 0 Å². The van der Waals surface area contributed by atoms with E-state index in [1.165, 1.54) is 24.5 Å². The van der Waals surface area contributed by atoms with Crippen LogP contribution in [0.2, 0.25) is 0 Å². The summed E-state index contributed by atoms with van der Waals surface area (Å²) in [5.41, 5.74) is 3.23. The molecule has 1 aliphatic rings. The van der Waals surface area contributed by atoms with Crippen molar-refractivity contribution in [2.75, 3.05) is 0 Å². The van der Waals surface area contributed by atoms with Gasteiger partial charge in [0.15, 0.2) is 11.9 Å². The number of hydrogen-bond acceptors (Lipinski definition) is 4. The molecule has 1 aliphatic carbocycles. The zero-order chi connectivity index (χ0) is 18.4. The molecule has 0 saturated heterocycles. The molecular formula is C20H27NO4. The topological polar surface area (TPSA) is 72.5 Å². The molecule has 0 aliphatic heterocycles. The third-order valence-corrected chi connectivity index (χ3v) is 4.34. The van der Waals surface area contributed by atoms with Gasteiger partial charge in [-0.1, -0.05) is 12.1 Å². The second-order valence-corrected chi connectivity index (χ2v) is 6.91. The first-order valence-electron chi connectivity index (χ1n) is 9.01. The molecule has 0 spiro atoms. The van der Waals surface area contributed by atoms with Gasteiger partial charge in [0.25, 0.3) is 5.91 Å². The summed E-state index contributed by atoms with van der Waals surface area (Å²) >= 11 is 0. The zero-order valence-corrected chi connectivity index (χ0v) is 15.3. The van der Waals surface area contributed by atoms with Gasteiger partial charge in [0, 0.05) is 18.0 Å². The van der Waals surface area contributed by atoms with E-state index in [1.54, 1.807) is 0 Å². The number of hydrogen-bond donors (Lipinski definition) is 1. The van der Waals surface area contributed by atoms with E-state index in [2.05, 4.69) is 5.32 Å². The largest absolute Gasteiger partial charge is 0.453 e. The number of rotatable bonds is 7. The van der Waals surface area contributed by atoms with Gasteiger partial charge in [0.2, 0.25) is 0 Å². The van der Waals surface area contributed by atoms with Gasteiger partial charge >= 0.3 is 5.97 Å². The van der Waals surface area contributed by atoms with Crippen LogP contribution in [-0.4, -0.2) is 29.8 Å². The average molecular weight is 345 g/mol. The van der Waals surface area contributed by atoms with E-state index in [9.17, 15) is 14.4 Å². The summed E-state index contributed by atoms with van der Waals surface area (Å²) in [6.07, 6.45) is 3.68. The number of fused-ring (bicyclic) bond motifs is 1. The van der Waals surface area contributed by atoms with E-state index in [0.717, 1.165) is 19.3 Å². The Labute approximate surface area is 149 Å². The SMILES string of the molecule is CC(C)NC(=O)C(C)OC(=O)CCC(=O)c1ccc2c(c1)CCCC2. The third kappa shape index (κ3) is 5.69. The summed E-state index contributed by atoms with van der Waals surface area (Å²) in [6, 6.07) is 5.81. The summed E-state index contributed by atoms with van der Waals surface area (Å²) in [5, 5.41) is 2.68. The molecule has 0 saturated carbocycles. The molecular weight excluding hydrogens is 318 g/mol. The summed E-state index contributed by atoms with van der Waals surface area (Å²) in [6.45, 7) is 5.20. The highest BCUT2D eigenvalue weighted by Crippen LogP contribution is 2.23. The van der Waals surface area contributed by atoms with Crippen LogP contribution in [0.4, 0.5) is 0 Å². The standard InChI is InChI=1S/C20H27NO4/c1-13(2)21-20(24)14(3)25-19(23)11-10-18(22)17-9-8-15-6-4-5-7-16(15)12-17/h8-9,12-14H,4-7,10-11H2,1-3H3,(H,21,24). The van der Waals surface area contributed by atoms with Gasteiger partial charge in [-0.15, -0.1) is 0 Å². The molecule has 136 valence electrons. The Hall–Kier alpha value is -2.17. The molecule has 0 fully saturated rings. The van der Waals surface area contributed by atoms with Crippen molar-refractivity contribution in [3.63, 3.8) is 0 Å². The quantitative estimate of drug-likeness (QED) is 0.609. The summed E-state index contributed by atoms with van der Waals surface area (Å²) in [5.74, 6) is -0.924. The summed E-state index contributed by atoms with van der Waals surface area (Å²) < 4.78 is 5.09. The van der Waals surface area contributed by atoms with Crippen LogP contribution in [0.25, 0.3) is 0 Å². The fourth-order valence-corrected chi connectivity index (χ4v) is 2.98. The first-order valence-corrected chi connectivity index (χ1v) is 9.01. The van der Waals surface area contributed by atoms with Gasteiger partial charge in [-0.2, -0.15) is 0 Å². The number of ketones is 1. The fraction of sp³-hybridized carbons (Fsp3) is 0.550. The Bertz CT molecular complexity index is 651. The van der Waals surface area contributed by atoms with Crippen LogP contribution in [0, 0.1) is 0 Å². The highest BCUT2D eigenvalue weighted by Gasteiger charge is 2.19. The highest BCUT2D eigenvalue weighted by atomic mass is 16.5. The maximum atomic E-state index is 12.3. The number of esters is 1. The van der Waals surface area contributed by atoms with Crippen LogP contribution in [0.1, 0.15) is 67.9 Å². The van der Waals surface area contributed by atoms with E-state index in [-0.39, 0.29) is 30.6 Å². The van der Waals surface area contributed by atoms with Crippen molar-refractivity contribution in [1.82, 2.24) is 5.32 Å². The number of carbonyl (C=O) groups is 3. The minimum absolute atomic E-state index is 0.0146. The Balaban J connectivity index is 1.83. The van der Waals surface area contributed by atoms with Crippen molar-refractivity contribution in [2.24, 2.45) is 0 Å². The minimum Gasteiger partial charge on any atom is -0.453 e. The van der Waals surface area contributed by atoms with Crippen LogP contribution in [0.15, 0.2) is 18.2 Å². The van der Waals surface area contributed by atoms with E-state index in [0.29, 0.717) is 5.56 Å². The predicted octanol–water partition coefficient (Wildman–Crippen LogP) is 2.98. The molecule has 1 aromatic carbocycles. The lowest BCUT2D eigenvalue weighted by Crippen LogP contribution is -2.39. The normalized spacial score (nSPS) is 14.6. The number of Topliss-reactive ketones (excluding diaryl/α,β-unsaturated/α-hetero) is 1. The Morgan fingerprint density at radius 3 is 2.40 bits per heavy atom. The van der Waals surface area contributed by atoms with Crippen molar-refractivity contribution < 1.29 is 19.1 Å². The van der Waals surface area contributed by atoms with Gasteiger partial charge in [0.1, 0.15) is 0 Å². The molecule has 2 rings (SSSR count). The van der Waals surface area contributed by atoms with Gasteiger partial charge in [-0.25, -0.2) is 0 Å². The number of nitrogens with one attached hydrogen (secondary N) is 1. The van der Waals surface area contributed by atoms with Crippen LogP contribution in [-0.2, 0) is 27.2 Å². The lowest BCUT2D eigenvalue weighted by atomic mass is 9.89. The van der Waals surface area contributed by atoms with Crippen molar-refractivity contribution in [3.05, 3.63) is 34.9 Å². The third-order valence-electron chi connectivity index (χ3n) is 4.34. The first-order chi connectivity index (χ1) is 11.9. The van der Waals surface area contributed by atoms with Crippen molar-refractivity contribution in [1.29, 1.82) is 0 Å². The molecule has 1 unspecified atom stereocenters. The van der Waals surface area contributed by atoms with E-state index in [1.807, 2.05) is 32.0 Å². The monoisotopic (exact) mass is 345 g/mol. The first kappa shape index (κ1) is 19.2. The number of carbonyl (C=O) groups excluding carboxylic acids is 3. The molecule has 5 nitrogen and oxygen atoms in total. The van der Waals surface area contributed by atoms with E-state index in [4.69, 9.17) is 4.74 Å². The zero-order valence-electron chi connectivity index (χ0n) is 15.3. The fourth-order valence-electron chi connectivity index (χ4n) is 2.98. The lowest BCUT2D eigenvalue weighted by Gasteiger charge is -2.16. The number of ether oxygens (including phenoxy) is 1. The second-order valence-electron chi connectivity index (χ2n) is 6.91. The van der Waals surface area contributed by atoms with Crippen LogP contribution >= 0.6 is 0 Å². The molecule has 0 heterocycles. The minimum atomic E-state index is -0.853. The van der Waals surface area contributed by atoms with Gasteiger partial charge in [-0.3, -0.25) is 14.4 Å². The number of amides is 1. The van der Waals surface area contributed by atoms with Gasteiger partial charge < -0.3 is 10.1 Å². The molecule has 1 atom stereocenters. The average Bonchev–Trinajstić information content (AvgIpc) is 2.58. The molecule has 1 amide bonds. The molecule has 25 heavy (non-hydrogen) atoms. The Morgan fingerprint density at radius 2 is 1.72 bits per heavy atom. The van der Waals surface area contributed by atoms with Crippen LogP contribution < -0.4 is 5.32 Å². The maximum absolute atomic E-state index is 12.3. The van der Waals surface area contributed by atoms with Crippen molar-refractivity contribution in [2.45, 2.75) is 71.4 Å². The Kier molecular flexibility index (Phi) is 6.73. The number of aryl methyl sites for hydroxylation is 2. The molecule has 0 aromatic heterocycles.